The van der Waals surface area contributed by atoms with Gasteiger partial charge in [-0.25, -0.2) is 0 Å². The first kappa shape index (κ1) is 15.1. The first-order chi connectivity index (χ1) is 10.7. The van der Waals surface area contributed by atoms with Crippen molar-refractivity contribution in [2.24, 2.45) is 7.05 Å². The van der Waals surface area contributed by atoms with Crippen LogP contribution in [-0.4, -0.2) is 41.4 Å². The molecule has 0 spiro atoms. The van der Waals surface area contributed by atoms with Gasteiger partial charge in [0.2, 0.25) is 0 Å². The van der Waals surface area contributed by atoms with Crippen LogP contribution < -0.4 is 10.1 Å². The van der Waals surface area contributed by atoms with Crippen molar-refractivity contribution in [1.82, 2.24) is 20.0 Å². The second-order valence-corrected chi connectivity index (χ2v) is 5.84. The molecule has 1 aliphatic rings. The normalized spacial score (nSPS) is 19.3. The maximum Gasteiger partial charge on any atom is 0.118 e. The van der Waals surface area contributed by atoms with Crippen molar-refractivity contribution < 1.29 is 4.74 Å². The standard InChI is InChI=1S/C17H24N4O/c1-13-15(10-19-20(13)2)12-21-9-8-18-11-17(21)14-4-6-16(22-3)7-5-14/h4-7,10,17-18H,8-9,11-12H2,1-3H3. The molecule has 0 bridgehead atoms. The molecule has 1 atom stereocenters. The Morgan fingerprint density at radius 2 is 2.09 bits per heavy atom. The van der Waals surface area contributed by atoms with Crippen molar-refractivity contribution >= 4 is 0 Å². The lowest BCUT2D eigenvalue weighted by molar-refractivity contribution is 0.153. The van der Waals surface area contributed by atoms with Gasteiger partial charge < -0.3 is 10.1 Å². The predicted octanol–water partition coefficient (Wildman–Crippen LogP) is 1.88. The van der Waals surface area contributed by atoms with Crippen LogP contribution in [-0.2, 0) is 13.6 Å². The SMILES string of the molecule is COc1ccc(C2CNCCN2Cc2cnn(C)c2C)cc1. The fraction of sp³-hybridized carbons (Fsp3) is 0.471. The molecule has 118 valence electrons. The summed E-state index contributed by atoms with van der Waals surface area (Å²) >= 11 is 0. The minimum Gasteiger partial charge on any atom is -0.497 e. The summed E-state index contributed by atoms with van der Waals surface area (Å²) in [4.78, 5) is 2.53. The molecule has 2 aromatic rings. The molecule has 2 heterocycles. The van der Waals surface area contributed by atoms with Gasteiger partial charge in [-0.2, -0.15) is 5.10 Å². The maximum absolute atomic E-state index is 5.26. The van der Waals surface area contributed by atoms with Gasteiger partial charge in [0.1, 0.15) is 5.75 Å². The summed E-state index contributed by atoms with van der Waals surface area (Å²) in [7, 11) is 3.70. The summed E-state index contributed by atoms with van der Waals surface area (Å²) in [5.74, 6) is 0.905. The third-order valence-corrected chi connectivity index (χ3v) is 4.57. The molecule has 1 aromatic heterocycles. The second-order valence-electron chi connectivity index (χ2n) is 5.84. The van der Waals surface area contributed by atoms with E-state index in [1.165, 1.54) is 16.8 Å². The zero-order valence-electron chi connectivity index (χ0n) is 13.5. The van der Waals surface area contributed by atoms with Crippen LogP contribution in [0.5, 0.6) is 5.75 Å². The number of aryl methyl sites for hydroxylation is 1. The largest absolute Gasteiger partial charge is 0.497 e. The van der Waals surface area contributed by atoms with E-state index in [0.29, 0.717) is 6.04 Å². The monoisotopic (exact) mass is 300 g/mol. The number of benzene rings is 1. The fourth-order valence-electron chi connectivity index (χ4n) is 3.01. The highest BCUT2D eigenvalue weighted by Gasteiger charge is 2.24. The van der Waals surface area contributed by atoms with Gasteiger partial charge in [-0.3, -0.25) is 9.58 Å². The molecule has 5 nitrogen and oxygen atoms in total. The zero-order chi connectivity index (χ0) is 15.5. The molecule has 1 saturated heterocycles. The molecule has 1 N–H and O–H groups in total. The van der Waals surface area contributed by atoms with E-state index in [4.69, 9.17) is 4.74 Å². The van der Waals surface area contributed by atoms with Crippen LogP contribution in [0.25, 0.3) is 0 Å². The van der Waals surface area contributed by atoms with E-state index in [2.05, 4.69) is 34.4 Å². The molecule has 1 unspecified atom stereocenters. The van der Waals surface area contributed by atoms with Crippen LogP contribution in [0.1, 0.15) is 22.9 Å². The molecule has 22 heavy (non-hydrogen) atoms. The highest BCUT2D eigenvalue weighted by molar-refractivity contribution is 5.30. The highest BCUT2D eigenvalue weighted by atomic mass is 16.5. The average Bonchev–Trinajstić information content (AvgIpc) is 2.88. The van der Waals surface area contributed by atoms with E-state index in [1.54, 1.807) is 7.11 Å². The van der Waals surface area contributed by atoms with Crippen LogP contribution >= 0.6 is 0 Å². The van der Waals surface area contributed by atoms with Gasteiger partial charge in [0.05, 0.1) is 13.3 Å². The van der Waals surface area contributed by atoms with Crippen LogP contribution in [0.3, 0.4) is 0 Å². The van der Waals surface area contributed by atoms with E-state index in [9.17, 15) is 0 Å². The van der Waals surface area contributed by atoms with Gasteiger partial charge in [-0.05, 0) is 24.6 Å². The van der Waals surface area contributed by atoms with Crippen molar-refractivity contribution in [3.05, 3.63) is 47.3 Å². The van der Waals surface area contributed by atoms with Gasteiger partial charge >= 0.3 is 0 Å². The Hall–Kier alpha value is -1.85. The molecule has 1 aliphatic heterocycles. The Labute approximate surface area is 131 Å². The Morgan fingerprint density at radius 1 is 1.32 bits per heavy atom. The van der Waals surface area contributed by atoms with Crippen molar-refractivity contribution in [3.8, 4) is 5.75 Å². The van der Waals surface area contributed by atoms with Crippen LogP contribution in [0.4, 0.5) is 0 Å². The van der Waals surface area contributed by atoms with E-state index in [1.807, 2.05) is 30.1 Å². The van der Waals surface area contributed by atoms with Crippen molar-refractivity contribution in [2.75, 3.05) is 26.7 Å². The molecule has 1 fully saturated rings. The molecular weight excluding hydrogens is 276 g/mol. The van der Waals surface area contributed by atoms with Gasteiger partial charge in [0.25, 0.3) is 0 Å². The number of nitrogens with zero attached hydrogens (tertiary/aromatic N) is 3. The topological polar surface area (TPSA) is 42.3 Å². The van der Waals surface area contributed by atoms with Gasteiger partial charge in [0.15, 0.2) is 0 Å². The van der Waals surface area contributed by atoms with E-state index in [-0.39, 0.29) is 0 Å². The number of rotatable bonds is 4. The molecule has 0 aliphatic carbocycles. The summed E-state index contributed by atoms with van der Waals surface area (Å²) in [5, 5.41) is 7.86. The Morgan fingerprint density at radius 3 is 2.73 bits per heavy atom. The van der Waals surface area contributed by atoms with Crippen molar-refractivity contribution in [1.29, 1.82) is 0 Å². The molecule has 1 aromatic carbocycles. The number of aromatic nitrogens is 2. The van der Waals surface area contributed by atoms with Gasteiger partial charge in [-0.15, -0.1) is 0 Å². The number of nitrogens with one attached hydrogen (secondary N) is 1. The van der Waals surface area contributed by atoms with E-state index >= 15 is 0 Å². The minimum absolute atomic E-state index is 0.388. The number of ether oxygens (including phenoxy) is 1. The summed E-state index contributed by atoms with van der Waals surface area (Å²) in [6, 6.07) is 8.80. The average molecular weight is 300 g/mol. The van der Waals surface area contributed by atoms with Crippen LogP contribution in [0, 0.1) is 6.92 Å². The summed E-state index contributed by atoms with van der Waals surface area (Å²) in [6.45, 7) is 6.13. The van der Waals surface area contributed by atoms with Crippen LogP contribution in [0.15, 0.2) is 30.5 Å². The maximum atomic E-state index is 5.26. The minimum atomic E-state index is 0.388. The smallest absolute Gasteiger partial charge is 0.118 e. The van der Waals surface area contributed by atoms with Gasteiger partial charge in [-0.1, -0.05) is 12.1 Å². The number of piperazine rings is 1. The number of hydrogen-bond donors (Lipinski definition) is 1. The Balaban J connectivity index is 1.79. The van der Waals surface area contributed by atoms with Gasteiger partial charge in [0, 0.05) is 50.5 Å². The molecule has 5 heteroatoms. The van der Waals surface area contributed by atoms with Crippen molar-refractivity contribution in [2.45, 2.75) is 19.5 Å². The lowest BCUT2D eigenvalue weighted by Gasteiger charge is -2.36. The Bertz CT molecular complexity index is 620. The summed E-state index contributed by atoms with van der Waals surface area (Å²) in [6.07, 6.45) is 1.99. The third kappa shape index (κ3) is 3.00. The Kier molecular flexibility index (Phi) is 4.45. The van der Waals surface area contributed by atoms with Crippen LogP contribution in [0.2, 0.25) is 0 Å². The predicted molar refractivity (Wildman–Crippen MR) is 87.0 cm³/mol. The third-order valence-electron chi connectivity index (χ3n) is 4.57. The zero-order valence-corrected chi connectivity index (χ0v) is 13.5. The molecule has 3 rings (SSSR count). The lowest BCUT2D eigenvalue weighted by atomic mass is 10.0. The highest BCUT2D eigenvalue weighted by Crippen LogP contribution is 2.26. The molecule has 0 amide bonds. The second kappa shape index (κ2) is 6.50. The summed E-state index contributed by atoms with van der Waals surface area (Å²) < 4.78 is 7.20. The number of hydrogen-bond acceptors (Lipinski definition) is 4. The van der Waals surface area contributed by atoms with E-state index in [0.717, 1.165) is 31.9 Å². The lowest BCUT2D eigenvalue weighted by Crippen LogP contribution is -2.45. The quantitative estimate of drug-likeness (QED) is 0.936. The number of methoxy groups -OCH3 is 1. The first-order valence-electron chi connectivity index (χ1n) is 7.75. The first-order valence-corrected chi connectivity index (χ1v) is 7.75. The fourth-order valence-corrected chi connectivity index (χ4v) is 3.01. The van der Waals surface area contributed by atoms with Crippen molar-refractivity contribution in [3.63, 3.8) is 0 Å². The summed E-state index contributed by atoms with van der Waals surface area (Å²) in [5.41, 5.74) is 3.88. The molecule has 0 saturated carbocycles. The molecular formula is C17H24N4O. The van der Waals surface area contributed by atoms with E-state index < -0.39 is 0 Å². The molecule has 0 radical (unpaired) electrons.